The van der Waals surface area contributed by atoms with Gasteiger partial charge in [0.2, 0.25) is 5.88 Å². The smallest absolute Gasteiger partial charge is 0.237 e. The van der Waals surface area contributed by atoms with Gasteiger partial charge < -0.3 is 10.5 Å². The van der Waals surface area contributed by atoms with Crippen molar-refractivity contribution in [2.75, 3.05) is 12.8 Å². The fourth-order valence-corrected chi connectivity index (χ4v) is 1.31. The van der Waals surface area contributed by atoms with Crippen LogP contribution >= 0.6 is 0 Å². The van der Waals surface area contributed by atoms with Gasteiger partial charge in [-0.1, -0.05) is 0 Å². The van der Waals surface area contributed by atoms with Crippen molar-refractivity contribution < 1.29 is 9.13 Å². The number of pyridine rings is 1. The lowest BCUT2D eigenvalue weighted by molar-refractivity contribution is 0.396. The predicted octanol–water partition coefficient (Wildman–Crippen LogP) is 1.69. The van der Waals surface area contributed by atoms with Gasteiger partial charge in [-0.05, 0) is 12.8 Å². The third-order valence-electron chi connectivity index (χ3n) is 2.15. The van der Waals surface area contributed by atoms with Crippen molar-refractivity contribution in [3.8, 4) is 5.88 Å². The number of nitrogens with zero attached hydrogens (tertiary/aromatic N) is 1. The van der Waals surface area contributed by atoms with E-state index in [1.54, 1.807) is 0 Å². The molecule has 4 heteroatoms. The van der Waals surface area contributed by atoms with E-state index < -0.39 is 0 Å². The Morgan fingerprint density at radius 1 is 1.62 bits per heavy atom. The van der Waals surface area contributed by atoms with Crippen LogP contribution in [-0.4, -0.2) is 12.1 Å². The molecule has 0 bridgehead atoms. The summed E-state index contributed by atoms with van der Waals surface area (Å²) >= 11 is 0. The van der Waals surface area contributed by atoms with Crippen molar-refractivity contribution in [1.82, 2.24) is 4.98 Å². The van der Waals surface area contributed by atoms with Gasteiger partial charge in [-0.15, -0.1) is 0 Å². The van der Waals surface area contributed by atoms with Crippen LogP contribution in [0.2, 0.25) is 0 Å². The molecule has 13 heavy (non-hydrogen) atoms. The molecule has 2 rings (SSSR count). The van der Waals surface area contributed by atoms with E-state index in [1.165, 1.54) is 13.2 Å². The van der Waals surface area contributed by atoms with E-state index in [9.17, 15) is 4.39 Å². The normalized spacial score (nSPS) is 15.8. The van der Waals surface area contributed by atoms with Crippen LogP contribution in [0.25, 0.3) is 0 Å². The predicted molar refractivity (Wildman–Crippen MR) is 47.1 cm³/mol. The van der Waals surface area contributed by atoms with E-state index in [4.69, 9.17) is 10.5 Å². The average Bonchev–Trinajstić information content (AvgIpc) is 2.88. The summed E-state index contributed by atoms with van der Waals surface area (Å²) in [5.74, 6) is 0.276. The van der Waals surface area contributed by atoms with Gasteiger partial charge >= 0.3 is 0 Å². The van der Waals surface area contributed by atoms with Gasteiger partial charge in [-0.25, -0.2) is 9.37 Å². The Labute approximate surface area is 75.7 Å². The largest absolute Gasteiger partial charge is 0.480 e. The lowest BCUT2D eigenvalue weighted by Gasteiger charge is -2.06. The molecule has 1 saturated carbocycles. The zero-order valence-electron chi connectivity index (χ0n) is 7.38. The number of halogens is 1. The molecule has 0 radical (unpaired) electrons. The van der Waals surface area contributed by atoms with Crippen LogP contribution in [-0.2, 0) is 0 Å². The molecular formula is C9H11FN2O. The maximum Gasteiger partial charge on any atom is 0.237 e. The highest BCUT2D eigenvalue weighted by atomic mass is 19.1. The average molecular weight is 182 g/mol. The highest BCUT2D eigenvalue weighted by molar-refractivity contribution is 5.49. The van der Waals surface area contributed by atoms with E-state index >= 15 is 0 Å². The summed E-state index contributed by atoms with van der Waals surface area (Å²) in [5.41, 5.74) is 6.24. The Balaban J connectivity index is 2.44. The highest BCUT2D eigenvalue weighted by Crippen LogP contribution is 2.41. The quantitative estimate of drug-likeness (QED) is 0.757. The molecule has 2 N–H and O–H groups in total. The van der Waals surface area contributed by atoms with Crippen molar-refractivity contribution in [3.63, 3.8) is 0 Å². The highest BCUT2D eigenvalue weighted by Gasteiger charge is 2.29. The summed E-state index contributed by atoms with van der Waals surface area (Å²) in [4.78, 5) is 4.03. The molecule has 1 aromatic heterocycles. The van der Waals surface area contributed by atoms with Gasteiger partial charge in [-0.2, -0.15) is 0 Å². The number of rotatable bonds is 2. The number of anilines is 1. The summed E-state index contributed by atoms with van der Waals surface area (Å²) in [5, 5.41) is 0. The second kappa shape index (κ2) is 2.87. The van der Waals surface area contributed by atoms with E-state index in [2.05, 4.69) is 4.98 Å². The lowest BCUT2D eigenvalue weighted by Crippen LogP contribution is -2.01. The molecule has 0 atom stereocenters. The minimum Gasteiger partial charge on any atom is -0.480 e. The second-order valence-electron chi connectivity index (χ2n) is 3.23. The summed E-state index contributed by atoms with van der Waals surface area (Å²) < 4.78 is 18.2. The topological polar surface area (TPSA) is 48.1 Å². The van der Waals surface area contributed by atoms with Crippen LogP contribution < -0.4 is 10.5 Å². The molecule has 0 aromatic carbocycles. The molecule has 1 aliphatic rings. The van der Waals surface area contributed by atoms with Crippen molar-refractivity contribution >= 4 is 5.69 Å². The Morgan fingerprint density at radius 2 is 2.31 bits per heavy atom. The van der Waals surface area contributed by atoms with Crippen LogP contribution in [0.5, 0.6) is 5.88 Å². The summed E-state index contributed by atoms with van der Waals surface area (Å²) in [6.45, 7) is 0. The van der Waals surface area contributed by atoms with Crippen molar-refractivity contribution in [3.05, 3.63) is 17.6 Å². The maximum atomic E-state index is 13.3. The maximum absolute atomic E-state index is 13.3. The Morgan fingerprint density at radius 3 is 2.85 bits per heavy atom. The Bertz CT molecular complexity index is 337. The number of nitrogen functional groups attached to an aromatic ring is 1. The summed E-state index contributed by atoms with van der Waals surface area (Å²) in [6.07, 6.45) is 2.02. The molecule has 1 fully saturated rings. The minimum atomic E-state index is -0.319. The molecule has 3 nitrogen and oxygen atoms in total. The number of methoxy groups -OCH3 is 1. The van der Waals surface area contributed by atoms with Gasteiger partial charge in [0.25, 0.3) is 0 Å². The number of ether oxygens (including phenoxy) is 1. The third kappa shape index (κ3) is 1.43. The first kappa shape index (κ1) is 8.29. The summed E-state index contributed by atoms with van der Waals surface area (Å²) in [7, 11) is 1.48. The number of hydrogen-bond donors (Lipinski definition) is 1. The number of hydrogen-bond acceptors (Lipinski definition) is 3. The fourth-order valence-electron chi connectivity index (χ4n) is 1.31. The molecule has 1 heterocycles. The van der Waals surface area contributed by atoms with Crippen LogP contribution in [0.4, 0.5) is 10.1 Å². The third-order valence-corrected chi connectivity index (χ3v) is 2.15. The standard InChI is InChI=1S/C9H11FN2O/c1-13-9-7(11)4-6(10)8(12-9)5-2-3-5/h4-5H,2-3,11H2,1H3. The number of aromatic nitrogens is 1. The van der Waals surface area contributed by atoms with E-state index in [0.717, 1.165) is 12.8 Å². The second-order valence-corrected chi connectivity index (χ2v) is 3.23. The molecule has 1 aromatic rings. The Kier molecular flexibility index (Phi) is 1.83. The van der Waals surface area contributed by atoms with Crippen molar-refractivity contribution in [1.29, 1.82) is 0 Å². The van der Waals surface area contributed by atoms with Gasteiger partial charge in [0.1, 0.15) is 5.82 Å². The van der Waals surface area contributed by atoms with Gasteiger partial charge in [-0.3, -0.25) is 0 Å². The van der Waals surface area contributed by atoms with Crippen LogP contribution in [0.3, 0.4) is 0 Å². The SMILES string of the molecule is COc1nc(C2CC2)c(F)cc1N. The molecular weight excluding hydrogens is 171 g/mol. The van der Waals surface area contributed by atoms with E-state index in [0.29, 0.717) is 11.6 Å². The van der Waals surface area contributed by atoms with Crippen molar-refractivity contribution in [2.24, 2.45) is 0 Å². The molecule has 0 unspecified atom stereocenters. The Hall–Kier alpha value is -1.32. The monoisotopic (exact) mass is 182 g/mol. The van der Waals surface area contributed by atoms with Crippen LogP contribution in [0, 0.1) is 5.82 Å². The van der Waals surface area contributed by atoms with Crippen LogP contribution in [0.15, 0.2) is 6.07 Å². The fraction of sp³-hybridized carbons (Fsp3) is 0.444. The van der Waals surface area contributed by atoms with Gasteiger partial charge in [0.05, 0.1) is 18.5 Å². The minimum absolute atomic E-state index is 0.254. The first-order valence-electron chi connectivity index (χ1n) is 4.22. The summed E-state index contributed by atoms with van der Waals surface area (Å²) in [6, 6.07) is 1.28. The van der Waals surface area contributed by atoms with E-state index in [1.807, 2.05) is 0 Å². The zero-order valence-corrected chi connectivity index (χ0v) is 7.38. The molecule has 70 valence electrons. The first-order valence-corrected chi connectivity index (χ1v) is 4.22. The molecule has 1 aliphatic carbocycles. The van der Waals surface area contributed by atoms with Gasteiger partial charge in [0, 0.05) is 12.0 Å². The zero-order chi connectivity index (χ0) is 9.42. The molecule has 0 aliphatic heterocycles. The van der Waals surface area contributed by atoms with E-state index in [-0.39, 0.29) is 17.4 Å². The molecule has 0 amide bonds. The first-order chi connectivity index (χ1) is 6.22. The molecule has 0 spiro atoms. The molecule has 0 saturated heterocycles. The van der Waals surface area contributed by atoms with Crippen molar-refractivity contribution in [2.45, 2.75) is 18.8 Å². The van der Waals surface area contributed by atoms with Gasteiger partial charge in [0.15, 0.2) is 0 Å². The van der Waals surface area contributed by atoms with Crippen LogP contribution in [0.1, 0.15) is 24.5 Å². The number of nitrogens with two attached hydrogens (primary N) is 1. The lowest BCUT2D eigenvalue weighted by atomic mass is 10.2.